The van der Waals surface area contributed by atoms with Crippen molar-refractivity contribution in [2.45, 2.75) is 20.3 Å². The van der Waals surface area contributed by atoms with Crippen molar-refractivity contribution in [2.75, 3.05) is 5.73 Å². The molecule has 2 N–H and O–H groups in total. The predicted molar refractivity (Wildman–Crippen MR) is 54.8 cm³/mol. The van der Waals surface area contributed by atoms with Crippen molar-refractivity contribution in [1.29, 1.82) is 0 Å². The first kappa shape index (κ1) is 8.85. The first-order valence-electron chi connectivity index (χ1n) is 4.25. The molecular weight excluding hydrogens is 146 g/mol. The van der Waals surface area contributed by atoms with Crippen LogP contribution in [0.1, 0.15) is 25.8 Å². The Morgan fingerprint density at radius 2 is 2.08 bits per heavy atom. The highest BCUT2D eigenvalue weighted by Crippen LogP contribution is 2.15. The molecule has 0 aromatic heterocycles. The molecule has 1 aromatic carbocycles. The maximum atomic E-state index is 5.78. The first-order chi connectivity index (χ1) is 5.74. The lowest BCUT2D eigenvalue weighted by Gasteiger charge is -2.00. The monoisotopic (exact) mass is 161 g/mol. The maximum absolute atomic E-state index is 5.78. The fourth-order valence-electron chi connectivity index (χ4n) is 1.01. The van der Waals surface area contributed by atoms with Gasteiger partial charge in [0.25, 0.3) is 0 Å². The van der Waals surface area contributed by atoms with Crippen molar-refractivity contribution in [3.05, 3.63) is 35.4 Å². The Labute approximate surface area is 73.9 Å². The summed E-state index contributed by atoms with van der Waals surface area (Å²) in [5.74, 6) is 0. The number of rotatable bonds is 2. The van der Waals surface area contributed by atoms with E-state index in [0.717, 1.165) is 17.7 Å². The van der Waals surface area contributed by atoms with Gasteiger partial charge >= 0.3 is 0 Å². The van der Waals surface area contributed by atoms with Gasteiger partial charge in [0.2, 0.25) is 0 Å². The third kappa shape index (κ3) is 2.12. The molecule has 0 bridgehead atoms. The summed E-state index contributed by atoms with van der Waals surface area (Å²) in [6.07, 6.45) is 3.21. The number of anilines is 1. The molecule has 12 heavy (non-hydrogen) atoms. The van der Waals surface area contributed by atoms with E-state index < -0.39 is 0 Å². The van der Waals surface area contributed by atoms with Crippen LogP contribution in [-0.4, -0.2) is 0 Å². The van der Waals surface area contributed by atoms with Crippen LogP contribution in [0.25, 0.3) is 6.08 Å². The van der Waals surface area contributed by atoms with E-state index in [0.29, 0.717) is 0 Å². The molecule has 0 atom stereocenters. The van der Waals surface area contributed by atoms with E-state index in [1.165, 1.54) is 5.57 Å². The topological polar surface area (TPSA) is 26.0 Å². The molecule has 0 aliphatic rings. The van der Waals surface area contributed by atoms with Crippen molar-refractivity contribution in [2.24, 2.45) is 0 Å². The summed E-state index contributed by atoms with van der Waals surface area (Å²) < 4.78 is 0. The van der Waals surface area contributed by atoms with Gasteiger partial charge in [0.1, 0.15) is 0 Å². The highest BCUT2D eigenvalue weighted by Gasteiger charge is 1.92. The number of allylic oxidation sites excluding steroid dienone is 1. The Balaban J connectivity index is 2.96. The van der Waals surface area contributed by atoms with Crippen molar-refractivity contribution in [3.63, 3.8) is 0 Å². The van der Waals surface area contributed by atoms with Crippen LogP contribution >= 0.6 is 0 Å². The Kier molecular flexibility index (Phi) is 2.92. The SMILES string of the molecule is CC/C(C)=C/c1ccccc1N. The normalized spacial score (nSPS) is 11.7. The van der Waals surface area contributed by atoms with E-state index in [4.69, 9.17) is 5.73 Å². The average molecular weight is 161 g/mol. The minimum atomic E-state index is 0.852. The molecule has 0 spiro atoms. The minimum Gasteiger partial charge on any atom is -0.398 e. The van der Waals surface area contributed by atoms with E-state index in [-0.39, 0.29) is 0 Å². The van der Waals surface area contributed by atoms with Crippen molar-refractivity contribution in [1.82, 2.24) is 0 Å². The third-order valence-corrected chi connectivity index (χ3v) is 1.96. The molecule has 0 saturated heterocycles. The smallest absolute Gasteiger partial charge is 0.0387 e. The summed E-state index contributed by atoms with van der Waals surface area (Å²) in [4.78, 5) is 0. The van der Waals surface area contributed by atoms with E-state index in [1.54, 1.807) is 0 Å². The van der Waals surface area contributed by atoms with Crippen molar-refractivity contribution in [3.8, 4) is 0 Å². The number of para-hydroxylation sites is 1. The summed E-state index contributed by atoms with van der Waals surface area (Å²) in [5.41, 5.74) is 9.11. The van der Waals surface area contributed by atoms with E-state index >= 15 is 0 Å². The number of nitrogen functional groups attached to an aromatic ring is 1. The zero-order valence-electron chi connectivity index (χ0n) is 7.67. The number of benzene rings is 1. The number of nitrogens with two attached hydrogens (primary N) is 1. The van der Waals surface area contributed by atoms with Gasteiger partial charge in [-0.15, -0.1) is 0 Å². The summed E-state index contributed by atoms with van der Waals surface area (Å²) in [5, 5.41) is 0. The van der Waals surface area contributed by atoms with Crippen LogP contribution in [0.4, 0.5) is 5.69 Å². The van der Waals surface area contributed by atoms with E-state index in [1.807, 2.05) is 24.3 Å². The fraction of sp³-hybridized carbons (Fsp3) is 0.273. The fourth-order valence-corrected chi connectivity index (χ4v) is 1.01. The predicted octanol–water partition coefficient (Wildman–Crippen LogP) is 3.08. The Morgan fingerprint density at radius 1 is 1.42 bits per heavy atom. The third-order valence-electron chi connectivity index (χ3n) is 1.96. The molecule has 0 unspecified atom stereocenters. The van der Waals surface area contributed by atoms with Crippen LogP contribution in [0.5, 0.6) is 0 Å². The molecule has 0 saturated carbocycles. The van der Waals surface area contributed by atoms with E-state index in [2.05, 4.69) is 19.9 Å². The standard InChI is InChI=1S/C11H15N/c1-3-9(2)8-10-6-4-5-7-11(10)12/h4-8H,3,12H2,1-2H3/b9-8+. The van der Waals surface area contributed by atoms with Crippen molar-refractivity contribution < 1.29 is 0 Å². The number of hydrogen-bond acceptors (Lipinski definition) is 1. The minimum absolute atomic E-state index is 0.852. The van der Waals surface area contributed by atoms with Crippen molar-refractivity contribution >= 4 is 11.8 Å². The van der Waals surface area contributed by atoms with Gasteiger partial charge in [0.15, 0.2) is 0 Å². The highest BCUT2D eigenvalue weighted by molar-refractivity contribution is 5.65. The molecule has 0 aliphatic carbocycles. The first-order valence-corrected chi connectivity index (χ1v) is 4.25. The largest absolute Gasteiger partial charge is 0.398 e. The second-order valence-corrected chi connectivity index (χ2v) is 2.97. The zero-order valence-corrected chi connectivity index (χ0v) is 7.67. The highest BCUT2D eigenvalue weighted by atomic mass is 14.5. The quantitative estimate of drug-likeness (QED) is 0.663. The summed E-state index contributed by atoms with van der Waals surface area (Å²) >= 11 is 0. The van der Waals surface area contributed by atoms with Gasteiger partial charge in [0, 0.05) is 5.69 Å². The van der Waals surface area contributed by atoms with Gasteiger partial charge in [-0.05, 0) is 25.0 Å². The molecule has 1 nitrogen and oxygen atoms in total. The zero-order chi connectivity index (χ0) is 8.97. The van der Waals surface area contributed by atoms with Gasteiger partial charge < -0.3 is 5.73 Å². The van der Waals surface area contributed by atoms with Crippen LogP contribution in [0.3, 0.4) is 0 Å². The Morgan fingerprint density at radius 3 is 2.67 bits per heavy atom. The molecule has 0 aliphatic heterocycles. The lowest BCUT2D eigenvalue weighted by molar-refractivity contribution is 1.11. The molecule has 1 rings (SSSR count). The molecule has 0 fully saturated rings. The van der Waals surface area contributed by atoms with Gasteiger partial charge in [0.05, 0.1) is 0 Å². The average Bonchev–Trinajstić information content (AvgIpc) is 2.09. The van der Waals surface area contributed by atoms with Crippen LogP contribution in [0, 0.1) is 0 Å². The van der Waals surface area contributed by atoms with Crippen LogP contribution < -0.4 is 5.73 Å². The summed E-state index contributed by atoms with van der Waals surface area (Å²) in [6, 6.07) is 7.92. The molecular formula is C11H15N. The van der Waals surface area contributed by atoms with E-state index in [9.17, 15) is 0 Å². The Bertz CT molecular complexity index is 287. The van der Waals surface area contributed by atoms with Crippen LogP contribution in [0.2, 0.25) is 0 Å². The Hall–Kier alpha value is -1.24. The molecule has 1 aromatic rings. The molecule has 0 amide bonds. The summed E-state index contributed by atoms with van der Waals surface area (Å²) in [7, 11) is 0. The second kappa shape index (κ2) is 3.96. The summed E-state index contributed by atoms with van der Waals surface area (Å²) in [6.45, 7) is 4.26. The van der Waals surface area contributed by atoms with Gasteiger partial charge in [-0.3, -0.25) is 0 Å². The molecule has 1 heteroatoms. The van der Waals surface area contributed by atoms with Crippen LogP contribution in [-0.2, 0) is 0 Å². The van der Waals surface area contributed by atoms with Gasteiger partial charge in [-0.2, -0.15) is 0 Å². The second-order valence-electron chi connectivity index (χ2n) is 2.97. The van der Waals surface area contributed by atoms with Gasteiger partial charge in [-0.1, -0.05) is 36.8 Å². The van der Waals surface area contributed by atoms with Crippen LogP contribution in [0.15, 0.2) is 29.8 Å². The lowest BCUT2D eigenvalue weighted by Crippen LogP contribution is -1.88. The maximum Gasteiger partial charge on any atom is 0.0387 e. The number of hydrogen-bond donors (Lipinski definition) is 1. The molecule has 0 radical (unpaired) electrons. The molecule has 64 valence electrons. The lowest BCUT2D eigenvalue weighted by atomic mass is 10.1. The molecule has 0 heterocycles. The van der Waals surface area contributed by atoms with Gasteiger partial charge in [-0.25, -0.2) is 0 Å².